The molecule has 12 heteroatoms. The van der Waals surface area contributed by atoms with Crippen molar-refractivity contribution in [2.45, 2.75) is 42.9 Å². The van der Waals surface area contributed by atoms with Crippen LogP contribution in [-0.4, -0.2) is 62.3 Å². The number of hydrogen-bond donors (Lipinski definition) is 3. The maximum absolute atomic E-state index is 12.7. The predicted molar refractivity (Wildman–Crippen MR) is 102 cm³/mol. The highest BCUT2D eigenvalue weighted by Crippen LogP contribution is 2.32. The Balaban J connectivity index is 2.03. The molecule has 0 spiro atoms. The van der Waals surface area contributed by atoms with Crippen LogP contribution in [0.4, 0.5) is 18.9 Å². The van der Waals surface area contributed by atoms with Crippen LogP contribution in [0.3, 0.4) is 0 Å². The molecule has 1 saturated heterocycles. The summed E-state index contributed by atoms with van der Waals surface area (Å²) in [7, 11) is -3.88. The number of alkyl halides is 3. The molecule has 1 amide bonds. The molecule has 0 aromatic heterocycles. The number of piperidine rings is 1. The summed E-state index contributed by atoms with van der Waals surface area (Å²) < 4.78 is 65.4. The molecule has 0 aliphatic carbocycles. The third-order valence-corrected chi connectivity index (χ3v) is 6.43. The molecule has 0 saturated carbocycles. The van der Waals surface area contributed by atoms with Crippen LogP contribution in [0.1, 0.15) is 26.2 Å². The van der Waals surface area contributed by atoms with Crippen LogP contribution >= 0.6 is 11.6 Å². The Morgan fingerprint density at radius 2 is 1.86 bits per heavy atom. The van der Waals surface area contributed by atoms with Crippen LogP contribution in [0.15, 0.2) is 23.1 Å². The van der Waals surface area contributed by atoms with E-state index < -0.39 is 27.7 Å². The van der Waals surface area contributed by atoms with Gasteiger partial charge in [0.05, 0.1) is 15.6 Å². The van der Waals surface area contributed by atoms with Crippen molar-refractivity contribution in [3.8, 4) is 0 Å². The van der Waals surface area contributed by atoms with Gasteiger partial charge in [-0.2, -0.15) is 13.2 Å². The first-order valence-electron chi connectivity index (χ1n) is 8.97. The van der Waals surface area contributed by atoms with Crippen molar-refractivity contribution in [2.24, 2.45) is 0 Å². The lowest BCUT2D eigenvalue weighted by Gasteiger charge is -2.26. The molecule has 3 N–H and O–H groups in total. The Kier molecular flexibility index (Phi) is 7.55. The van der Waals surface area contributed by atoms with Crippen LogP contribution in [0, 0.1) is 0 Å². The highest BCUT2D eigenvalue weighted by Gasteiger charge is 2.55. The maximum atomic E-state index is 12.7. The largest absolute Gasteiger partial charge is 0.426 e. The summed E-state index contributed by atoms with van der Waals surface area (Å²) in [6.45, 7) is 2.91. The minimum atomic E-state index is -5.19. The molecule has 1 aromatic carbocycles. The molecular formula is C17H23ClF3N3O4S. The first kappa shape index (κ1) is 23.9. The van der Waals surface area contributed by atoms with Gasteiger partial charge in [0.2, 0.25) is 15.6 Å². The molecular weight excluding hydrogens is 435 g/mol. The van der Waals surface area contributed by atoms with Gasteiger partial charge in [-0.15, -0.1) is 0 Å². The minimum absolute atomic E-state index is 0.193. The standard InChI is InChI=1S/C17H23ClF3N3O4S/c1-16(26,17(19,20)21)15(25)23-14-6-5-12(11-13(14)18)29(27,28)22-7-10-24-8-3-2-4-9-24/h5-6,11,22,26H,2-4,7-10H2,1H3,(H,23,25)/t16-/m1/s1. The van der Waals surface area contributed by atoms with E-state index in [0.717, 1.165) is 44.1 Å². The Morgan fingerprint density at radius 1 is 1.24 bits per heavy atom. The Bertz CT molecular complexity index is 841. The zero-order valence-electron chi connectivity index (χ0n) is 15.7. The highest BCUT2D eigenvalue weighted by molar-refractivity contribution is 7.89. The van der Waals surface area contributed by atoms with E-state index in [1.165, 1.54) is 6.42 Å². The summed E-state index contributed by atoms with van der Waals surface area (Å²) in [6.07, 6.45) is -1.86. The third kappa shape index (κ3) is 6.05. The number of amides is 1. The molecule has 7 nitrogen and oxygen atoms in total. The van der Waals surface area contributed by atoms with Crippen molar-refractivity contribution in [1.82, 2.24) is 9.62 Å². The van der Waals surface area contributed by atoms with E-state index in [1.54, 1.807) is 0 Å². The number of anilines is 1. The van der Waals surface area contributed by atoms with Gasteiger partial charge in [-0.1, -0.05) is 18.0 Å². The molecule has 1 atom stereocenters. The number of aliphatic hydroxyl groups is 1. The van der Waals surface area contributed by atoms with Crippen LogP contribution < -0.4 is 10.0 Å². The molecule has 1 fully saturated rings. The average Bonchev–Trinajstić information content (AvgIpc) is 2.63. The summed E-state index contributed by atoms with van der Waals surface area (Å²) in [6, 6.07) is 3.18. The summed E-state index contributed by atoms with van der Waals surface area (Å²) in [4.78, 5) is 13.7. The average molecular weight is 458 g/mol. The van der Waals surface area contributed by atoms with Crippen molar-refractivity contribution < 1.29 is 31.5 Å². The Morgan fingerprint density at radius 3 is 2.41 bits per heavy atom. The topological polar surface area (TPSA) is 98.7 Å². The van der Waals surface area contributed by atoms with Gasteiger partial charge in [0, 0.05) is 13.1 Å². The van der Waals surface area contributed by atoms with Crippen molar-refractivity contribution in [3.63, 3.8) is 0 Å². The molecule has 1 aromatic rings. The number of rotatable bonds is 7. The Labute approximate surface area is 172 Å². The van der Waals surface area contributed by atoms with Crippen molar-refractivity contribution in [1.29, 1.82) is 0 Å². The molecule has 0 bridgehead atoms. The fourth-order valence-electron chi connectivity index (χ4n) is 2.74. The number of carbonyl (C=O) groups is 1. The van der Waals surface area contributed by atoms with Gasteiger partial charge in [-0.3, -0.25) is 4.79 Å². The lowest BCUT2D eigenvalue weighted by atomic mass is 10.1. The zero-order chi connectivity index (χ0) is 21.9. The molecule has 1 heterocycles. The van der Waals surface area contributed by atoms with Crippen molar-refractivity contribution >= 4 is 33.2 Å². The monoisotopic (exact) mass is 457 g/mol. The predicted octanol–water partition coefficient (Wildman–Crippen LogP) is 2.36. The van der Waals surface area contributed by atoms with Crippen LogP contribution in [0.5, 0.6) is 0 Å². The first-order valence-corrected chi connectivity index (χ1v) is 10.8. The first-order chi connectivity index (χ1) is 13.3. The van der Waals surface area contributed by atoms with E-state index in [0.29, 0.717) is 13.5 Å². The van der Waals surface area contributed by atoms with Gasteiger partial charge in [0.15, 0.2) is 0 Å². The molecule has 2 rings (SSSR count). The minimum Gasteiger partial charge on any atom is -0.373 e. The fourth-order valence-corrected chi connectivity index (χ4v) is 4.08. The van der Waals surface area contributed by atoms with Gasteiger partial charge < -0.3 is 15.3 Å². The maximum Gasteiger partial charge on any atom is 0.426 e. The molecule has 1 aliphatic heterocycles. The number of hydrogen-bond acceptors (Lipinski definition) is 5. The van der Waals surface area contributed by atoms with E-state index in [2.05, 4.69) is 9.62 Å². The van der Waals surface area contributed by atoms with E-state index in [9.17, 15) is 31.5 Å². The molecule has 1 aliphatic rings. The SMILES string of the molecule is C[C@@](O)(C(=O)Nc1ccc(S(=O)(=O)NCCN2CCCCC2)cc1Cl)C(F)(F)F. The van der Waals surface area contributed by atoms with Crippen molar-refractivity contribution in [2.75, 3.05) is 31.5 Å². The number of nitrogens with zero attached hydrogens (tertiary/aromatic N) is 1. The number of benzene rings is 1. The second-order valence-electron chi connectivity index (χ2n) is 6.97. The van der Waals surface area contributed by atoms with E-state index in [1.807, 2.05) is 5.32 Å². The van der Waals surface area contributed by atoms with Crippen LogP contribution in [0.25, 0.3) is 0 Å². The second kappa shape index (κ2) is 9.17. The van der Waals surface area contributed by atoms with Gasteiger partial charge in [-0.05, 0) is 51.1 Å². The summed E-state index contributed by atoms with van der Waals surface area (Å²) in [5.41, 5.74) is -3.88. The smallest absolute Gasteiger partial charge is 0.373 e. The quantitative estimate of drug-likeness (QED) is 0.584. The van der Waals surface area contributed by atoms with E-state index in [4.69, 9.17) is 11.6 Å². The molecule has 0 unspecified atom stereocenters. The van der Waals surface area contributed by atoms with Gasteiger partial charge in [-0.25, -0.2) is 13.1 Å². The van der Waals surface area contributed by atoms with Gasteiger partial charge in [0.25, 0.3) is 5.91 Å². The summed E-state index contributed by atoms with van der Waals surface area (Å²) in [5.74, 6) is -1.73. The number of likely N-dealkylation sites (tertiary alicyclic amines) is 1. The lowest BCUT2D eigenvalue weighted by molar-refractivity contribution is -0.242. The fraction of sp³-hybridized carbons (Fsp3) is 0.588. The lowest BCUT2D eigenvalue weighted by Crippen LogP contribution is -2.52. The zero-order valence-corrected chi connectivity index (χ0v) is 17.3. The van der Waals surface area contributed by atoms with E-state index in [-0.39, 0.29) is 22.2 Å². The Hall–Kier alpha value is -1.40. The summed E-state index contributed by atoms with van der Waals surface area (Å²) in [5, 5.41) is 10.9. The molecule has 29 heavy (non-hydrogen) atoms. The highest BCUT2D eigenvalue weighted by atomic mass is 35.5. The number of nitrogens with one attached hydrogen (secondary N) is 2. The van der Waals surface area contributed by atoms with Gasteiger partial charge in [0.1, 0.15) is 0 Å². The van der Waals surface area contributed by atoms with Gasteiger partial charge >= 0.3 is 6.18 Å². The van der Waals surface area contributed by atoms with Crippen molar-refractivity contribution in [3.05, 3.63) is 23.2 Å². The number of halogens is 4. The molecule has 0 radical (unpaired) electrons. The van der Waals surface area contributed by atoms with Crippen LogP contribution in [-0.2, 0) is 14.8 Å². The third-order valence-electron chi connectivity index (χ3n) is 4.66. The molecule has 164 valence electrons. The van der Waals surface area contributed by atoms with E-state index >= 15 is 0 Å². The van der Waals surface area contributed by atoms with Crippen LogP contribution in [0.2, 0.25) is 5.02 Å². The normalized spacial score (nSPS) is 18.3. The summed E-state index contributed by atoms with van der Waals surface area (Å²) >= 11 is 5.92. The number of sulfonamides is 1. The second-order valence-corrected chi connectivity index (χ2v) is 9.14. The number of carbonyl (C=O) groups excluding carboxylic acids is 1.